The average molecular weight is 218 g/mol. The van der Waals surface area contributed by atoms with Crippen LogP contribution < -0.4 is 4.74 Å². The van der Waals surface area contributed by atoms with E-state index in [4.69, 9.17) is 10.4 Å². The van der Waals surface area contributed by atoms with E-state index in [1.54, 1.807) is 6.07 Å². The maximum Gasteiger partial charge on any atom is 0.574 e. The fourth-order valence-corrected chi connectivity index (χ4v) is 0.836. The van der Waals surface area contributed by atoms with E-state index in [1.165, 1.54) is 6.07 Å². The lowest BCUT2D eigenvalue weighted by atomic mass is 10.3. The normalized spacial score (nSPS) is 10.8. The van der Waals surface area contributed by atoms with Gasteiger partial charge in [-0.1, -0.05) is 0 Å². The lowest BCUT2D eigenvalue weighted by molar-refractivity contribution is -0.276. The summed E-state index contributed by atoms with van der Waals surface area (Å²) in [5.74, 6) is -1.68. The highest BCUT2D eigenvalue weighted by atomic mass is 19.4. The molecule has 0 amide bonds. The van der Waals surface area contributed by atoms with Crippen LogP contribution in [0, 0.1) is 11.3 Å². The Balaban J connectivity index is 2.96. The molecule has 0 aliphatic carbocycles. The summed E-state index contributed by atoms with van der Waals surface area (Å²) in [5, 5.41) is 17.3. The molecule has 0 saturated heterocycles. The number of ether oxygens (including phenoxy) is 1. The van der Waals surface area contributed by atoms with Crippen molar-refractivity contribution in [1.82, 2.24) is 4.98 Å². The molecule has 1 rings (SSSR count). The molecule has 0 atom stereocenters. The molecule has 0 unspecified atom stereocenters. The van der Waals surface area contributed by atoms with Crippen molar-refractivity contribution in [2.24, 2.45) is 0 Å². The van der Waals surface area contributed by atoms with Gasteiger partial charge >= 0.3 is 6.36 Å². The summed E-state index contributed by atoms with van der Waals surface area (Å²) in [7, 11) is 0. The molecule has 0 fully saturated rings. The van der Waals surface area contributed by atoms with Crippen LogP contribution in [0.1, 0.15) is 5.69 Å². The third-order valence-electron chi connectivity index (χ3n) is 1.37. The number of rotatable bonds is 2. The first-order valence-electron chi connectivity index (χ1n) is 3.74. The average Bonchev–Trinajstić information content (AvgIpc) is 2.09. The molecule has 1 N–H and O–H groups in total. The van der Waals surface area contributed by atoms with E-state index in [0.717, 1.165) is 6.07 Å². The molecule has 80 valence electrons. The maximum absolute atomic E-state index is 11.8. The molecular formula is C8H5F3N2O2. The number of hydrogen-bond donors (Lipinski definition) is 1. The van der Waals surface area contributed by atoms with Crippen LogP contribution in [0.4, 0.5) is 13.2 Å². The number of aromatic hydroxyl groups is 1. The van der Waals surface area contributed by atoms with E-state index in [2.05, 4.69) is 9.72 Å². The van der Waals surface area contributed by atoms with Gasteiger partial charge in [-0.3, -0.25) is 0 Å². The van der Waals surface area contributed by atoms with E-state index in [0.29, 0.717) is 0 Å². The van der Waals surface area contributed by atoms with Gasteiger partial charge in [0.05, 0.1) is 18.2 Å². The molecule has 15 heavy (non-hydrogen) atoms. The topological polar surface area (TPSA) is 66.1 Å². The largest absolute Gasteiger partial charge is 0.574 e. The standard InChI is InChI=1S/C8H5F3N2O2/c9-8(10,11)15-7-6(14)2-1-5(13-7)3-4-12/h1-2,14H,3H2. The summed E-state index contributed by atoms with van der Waals surface area (Å²) in [6.07, 6.45) is -5.08. The Morgan fingerprint density at radius 3 is 2.67 bits per heavy atom. The van der Waals surface area contributed by atoms with Crippen molar-refractivity contribution in [3.63, 3.8) is 0 Å². The monoisotopic (exact) mass is 218 g/mol. The second kappa shape index (κ2) is 4.04. The smallest absolute Gasteiger partial charge is 0.503 e. The van der Waals surface area contributed by atoms with Crippen LogP contribution in [-0.4, -0.2) is 16.5 Å². The highest BCUT2D eigenvalue weighted by Crippen LogP contribution is 2.29. The number of alkyl halides is 3. The molecule has 7 heteroatoms. The van der Waals surface area contributed by atoms with Gasteiger partial charge in [0.25, 0.3) is 5.88 Å². The van der Waals surface area contributed by atoms with Crippen molar-refractivity contribution in [2.45, 2.75) is 12.8 Å². The first kappa shape index (κ1) is 11.1. The fourth-order valence-electron chi connectivity index (χ4n) is 0.836. The maximum atomic E-state index is 11.8. The van der Waals surface area contributed by atoms with E-state index >= 15 is 0 Å². The van der Waals surface area contributed by atoms with Gasteiger partial charge in [0.15, 0.2) is 5.75 Å². The number of nitriles is 1. The minimum atomic E-state index is -4.92. The number of aromatic nitrogens is 1. The molecule has 1 heterocycles. The summed E-state index contributed by atoms with van der Waals surface area (Å²) >= 11 is 0. The summed E-state index contributed by atoms with van der Waals surface area (Å²) < 4.78 is 38.9. The number of nitrogens with zero attached hydrogens (tertiary/aromatic N) is 2. The second-order valence-corrected chi connectivity index (χ2v) is 2.51. The van der Waals surface area contributed by atoms with Crippen LogP contribution in [0.15, 0.2) is 12.1 Å². The Labute approximate surface area is 82.5 Å². The van der Waals surface area contributed by atoms with Crippen molar-refractivity contribution in [3.05, 3.63) is 17.8 Å². The Hall–Kier alpha value is -1.97. The molecule has 0 spiro atoms. The second-order valence-electron chi connectivity index (χ2n) is 2.51. The Morgan fingerprint density at radius 1 is 1.47 bits per heavy atom. The van der Waals surface area contributed by atoms with Gasteiger partial charge in [-0.15, -0.1) is 13.2 Å². The van der Waals surface area contributed by atoms with Gasteiger partial charge < -0.3 is 9.84 Å². The van der Waals surface area contributed by atoms with Crippen molar-refractivity contribution in [3.8, 4) is 17.7 Å². The molecule has 0 aromatic carbocycles. The van der Waals surface area contributed by atoms with Crippen molar-refractivity contribution < 1.29 is 23.0 Å². The molecular weight excluding hydrogens is 213 g/mol. The number of hydrogen-bond acceptors (Lipinski definition) is 4. The van der Waals surface area contributed by atoms with E-state index in [-0.39, 0.29) is 12.1 Å². The molecule has 4 nitrogen and oxygen atoms in total. The molecule has 1 aromatic rings. The fraction of sp³-hybridized carbons (Fsp3) is 0.250. The van der Waals surface area contributed by atoms with E-state index in [9.17, 15) is 13.2 Å². The highest BCUT2D eigenvalue weighted by molar-refractivity contribution is 5.33. The summed E-state index contributed by atoms with van der Waals surface area (Å²) in [6.45, 7) is 0. The number of halogens is 3. The summed E-state index contributed by atoms with van der Waals surface area (Å²) in [5.41, 5.74) is 0.0922. The minimum absolute atomic E-state index is 0.0922. The van der Waals surface area contributed by atoms with Crippen molar-refractivity contribution >= 4 is 0 Å². The van der Waals surface area contributed by atoms with Crippen molar-refractivity contribution in [1.29, 1.82) is 5.26 Å². The van der Waals surface area contributed by atoms with E-state index in [1.807, 2.05) is 0 Å². The molecule has 1 aromatic heterocycles. The van der Waals surface area contributed by atoms with Gasteiger partial charge in [0, 0.05) is 0 Å². The summed E-state index contributed by atoms with van der Waals surface area (Å²) in [4.78, 5) is 3.33. The third-order valence-corrected chi connectivity index (χ3v) is 1.37. The molecule has 0 aliphatic heterocycles. The van der Waals surface area contributed by atoms with Gasteiger partial charge in [-0.05, 0) is 12.1 Å². The van der Waals surface area contributed by atoms with Crippen LogP contribution in [0.5, 0.6) is 11.6 Å². The van der Waals surface area contributed by atoms with Gasteiger partial charge in [-0.2, -0.15) is 5.26 Å². The predicted octanol–water partition coefficient (Wildman–Crippen LogP) is 1.75. The lowest BCUT2D eigenvalue weighted by Crippen LogP contribution is -2.18. The van der Waals surface area contributed by atoms with E-state index < -0.39 is 18.0 Å². The number of pyridine rings is 1. The Kier molecular flexibility index (Phi) is 2.99. The molecule has 0 aliphatic rings. The molecule has 0 radical (unpaired) electrons. The highest BCUT2D eigenvalue weighted by Gasteiger charge is 2.33. The van der Waals surface area contributed by atoms with Crippen LogP contribution in [-0.2, 0) is 6.42 Å². The zero-order chi connectivity index (χ0) is 11.5. The zero-order valence-electron chi connectivity index (χ0n) is 7.25. The van der Waals surface area contributed by atoms with Crippen molar-refractivity contribution in [2.75, 3.05) is 0 Å². The summed E-state index contributed by atoms with van der Waals surface area (Å²) in [6, 6.07) is 3.94. The Bertz CT molecular complexity index is 398. The molecule has 0 bridgehead atoms. The first-order valence-corrected chi connectivity index (χ1v) is 3.74. The molecule has 0 saturated carbocycles. The third kappa shape index (κ3) is 3.34. The lowest BCUT2D eigenvalue weighted by Gasteiger charge is -2.09. The first-order chi connectivity index (χ1) is 6.92. The minimum Gasteiger partial charge on any atom is -0.503 e. The van der Waals surface area contributed by atoms with Gasteiger partial charge in [0.2, 0.25) is 0 Å². The van der Waals surface area contributed by atoms with Crippen LogP contribution in [0.3, 0.4) is 0 Å². The van der Waals surface area contributed by atoms with Gasteiger partial charge in [-0.25, -0.2) is 4.98 Å². The Morgan fingerprint density at radius 2 is 2.13 bits per heavy atom. The quantitative estimate of drug-likeness (QED) is 0.821. The van der Waals surface area contributed by atoms with Crippen LogP contribution >= 0.6 is 0 Å². The zero-order valence-corrected chi connectivity index (χ0v) is 7.25. The van der Waals surface area contributed by atoms with Gasteiger partial charge in [0.1, 0.15) is 0 Å². The predicted molar refractivity (Wildman–Crippen MR) is 41.9 cm³/mol. The van der Waals surface area contributed by atoms with Crippen LogP contribution in [0.25, 0.3) is 0 Å². The SMILES string of the molecule is N#CCc1ccc(O)c(OC(F)(F)F)n1. The van der Waals surface area contributed by atoms with Crippen LogP contribution in [0.2, 0.25) is 0 Å².